The van der Waals surface area contributed by atoms with E-state index in [0.29, 0.717) is 28.3 Å². The maximum absolute atomic E-state index is 11.5. The number of benzene rings is 1. The van der Waals surface area contributed by atoms with Crippen LogP contribution in [0, 0.1) is 5.92 Å². The van der Waals surface area contributed by atoms with E-state index in [1.807, 2.05) is 0 Å². The summed E-state index contributed by atoms with van der Waals surface area (Å²) in [5.74, 6) is 1.06. The van der Waals surface area contributed by atoms with Gasteiger partial charge in [0.25, 0.3) is 5.91 Å². The Labute approximate surface area is 124 Å². The minimum absolute atomic E-state index is 0.0142. The highest BCUT2D eigenvalue weighted by Gasteiger charge is 2.04. The molecule has 0 atom stereocenters. The summed E-state index contributed by atoms with van der Waals surface area (Å²) < 4.78 is 5.33. The topological polar surface area (TPSA) is 38.3 Å². The molecule has 0 fully saturated rings. The van der Waals surface area contributed by atoms with Gasteiger partial charge in [-0.05, 0) is 30.9 Å². The SMILES string of the molecule is CC(C)CCCNC(=O)COc1ccc(Cl)c(Cl)c1. The minimum Gasteiger partial charge on any atom is -0.484 e. The number of rotatable bonds is 7. The highest BCUT2D eigenvalue weighted by molar-refractivity contribution is 6.42. The average molecular weight is 304 g/mol. The Balaban J connectivity index is 2.24. The molecule has 0 saturated heterocycles. The second-order valence-corrected chi connectivity index (χ2v) is 5.57. The molecule has 106 valence electrons. The van der Waals surface area contributed by atoms with Crippen molar-refractivity contribution in [3.8, 4) is 5.75 Å². The van der Waals surface area contributed by atoms with Gasteiger partial charge in [-0.25, -0.2) is 0 Å². The van der Waals surface area contributed by atoms with E-state index in [-0.39, 0.29) is 12.5 Å². The van der Waals surface area contributed by atoms with Crippen LogP contribution in [0.5, 0.6) is 5.75 Å². The van der Waals surface area contributed by atoms with Crippen LogP contribution in [0.4, 0.5) is 0 Å². The third-order valence-electron chi connectivity index (χ3n) is 2.54. The molecular formula is C14H19Cl2NO2. The second kappa shape index (κ2) is 8.28. The Morgan fingerprint density at radius 1 is 1.32 bits per heavy atom. The van der Waals surface area contributed by atoms with Crippen LogP contribution in [0.25, 0.3) is 0 Å². The molecule has 1 rings (SSSR count). The van der Waals surface area contributed by atoms with E-state index in [9.17, 15) is 4.79 Å². The summed E-state index contributed by atoms with van der Waals surface area (Å²) in [6.45, 7) is 4.99. The molecule has 0 heterocycles. The third-order valence-corrected chi connectivity index (χ3v) is 3.28. The van der Waals surface area contributed by atoms with Crippen molar-refractivity contribution in [3.05, 3.63) is 28.2 Å². The number of halogens is 2. The summed E-state index contributed by atoms with van der Waals surface area (Å²) >= 11 is 11.6. The van der Waals surface area contributed by atoms with E-state index >= 15 is 0 Å². The largest absolute Gasteiger partial charge is 0.484 e. The Morgan fingerprint density at radius 3 is 2.68 bits per heavy atom. The third kappa shape index (κ3) is 6.69. The molecule has 5 heteroatoms. The summed E-state index contributed by atoms with van der Waals surface area (Å²) in [6.07, 6.45) is 2.09. The fraction of sp³-hybridized carbons (Fsp3) is 0.500. The molecule has 1 aromatic rings. The molecule has 0 aromatic heterocycles. The lowest BCUT2D eigenvalue weighted by Gasteiger charge is -2.09. The average Bonchev–Trinajstić information content (AvgIpc) is 2.36. The lowest BCUT2D eigenvalue weighted by Crippen LogP contribution is -2.29. The van der Waals surface area contributed by atoms with Crippen molar-refractivity contribution in [1.82, 2.24) is 5.32 Å². The van der Waals surface area contributed by atoms with Gasteiger partial charge in [0.15, 0.2) is 6.61 Å². The first-order valence-corrected chi connectivity index (χ1v) is 7.09. The predicted molar refractivity (Wildman–Crippen MR) is 79.0 cm³/mol. The molecule has 1 amide bonds. The number of amides is 1. The summed E-state index contributed by atoms with van der Waals surface area (Å²) in [5.41, 5.74) is 0. The van der Waals surface area contributed by atoms with Crippen LogP contribution < -0.4 is 10.1 Å². The number of hydrogen-bond donors (Lipinski definition) is 1. The second-order valence-electron chi connectivity index (χ2n) is 4.75. The molecule has 0 aliphatic heterocycles. The van der Waals surface area contributed by atoms with Crippen LogP contribution in [0.15, 0.2) is 18.2 Å². The van der Waals surface area contributed by atoms with Gasteiger partial charge in [-0.1, -0.05) is 37.0 Å². The lowest BCUT2D eigenvalue weighted by atomic mass is 10.1. The fourth-order valence-corrected chi connectivity index (χ4v) is 1.79. The van der Waals surface area contributed by atoms with Gasteiger partial charge in [-0.3, -0.25) is 4.79 Å². The first-order valence-electron chi connectivity index (χ1n) is 6.33. The van der Waals surface area contributed by atoms with Crippen molar-refractivity contribution in [3.63, 3.8) is 0 Å². The normalized spacial score (nSPS) is 10.6. The van der Waals surface area contributed by atoms with Gasteiger partial charge in [0.05, 0.1) is 10.0 Å². The summed E-state index contributed by atoms with van der Waals surface area (Å²) in [5, 5.41) is 3.69. The van der Waals surface area contributed by atoms with Crippen LogP contribution in [0.1, 0.15) is 26.7 Å². The van der Waals surface area contributed by atoms with E-state index in [2.05, 4.69) is 19.2 Å². The first-order chi connectivity index (χ1) is 8.99. The molecule has 1 aromatic carbocycles. The monoisotopic (exact) mass is 303 g/mol. The van der Waals surface area contributed by atoms with E-state index < -0.39 is 0 Å². The quantitative estimate of drug-likeness (QED) is 0.775. The maximum Gasteiger partial charge on any atom is 0.257 e. The Kier molecular flexibility index (Phi) is 7.03. The molecule has 0 radical (unpaired) electrons. The fourth-order valence-electron chi connectivity index (χ4n) is 1.50. The smallest absolute Gasteiger partial charge is 0.257 e. The Hall–Kier alpha value is -0.930. The van der Waals surface area contributed by atoms with E-state index in [1.54, 1.807) is 18.2 Å². The molecule has 0 unspecified atom stereocenters. The summed E-state index contributed by atoms with van der Waals surface area (Å²) in [7, 11) is 0. The van der Waals surface area contributed by atoms with Crippen molar-refractivity contribution in [2.75, 3.05) is 13.2 Å². The zero-order valence-electron chi connectivity index (χ0n) is 11.2. The van der Waals surface area contributed by atoms with Gasteiger partial charge in [0.2, 0.25) is 0 Å². The number of carbonyl (C=O) groups excluding carboxylic acids is 1. The zero-order chi connectivity index (χ0) is 14.3. The maximum atomic E-state index is 11.5. The van der Waals surface area contributed by atoms with E-state index in [4.69, 9.17) is 27.9 Å². The summed E-state index contributed by atoms with van der Waals surface area (Å²) in [6, 6.07) is 4.91. The molecule has 0 saturated carbocycles. The van der Waals surface area contributed by atoms with Crippen molar-refractivity contribution >= 4 is 29.1 Å². The number of hydrogen-bond acceptors (Lipinski definition) is 2. The molecule has 0 bridgehead atoms. The van der Waals surface area contributed by atoms with Gasteiger partial charge >= 0.3 is 0 Å². The lowest BCUT2D eigenvalue weighted by molar-refractivity contribution is -0.123. The number of ether oxygens (including phenoxy) is 1. The van der Waals surface area contributed by atoms with Crippen LogP contribution in [-0.4, -0.2) is 19.1 Å². The molecule has 19 heavy (non-hydrogen) atoms. The van der Waals surface area contributed by atoms with Gasteiger partial charge in [-0.2, -0.15) is 0 Å². The van der Waals surface area contributed by atoms with E-state index in [1.165, 1.54) is 0 Å². The van der Waals surface area contributed by atoms with Crippen molar-refractivity contribution in [2.45, 2.75) is 26.7 Å². The molecule has 0 spiro atoms. The zero-order valence-corrected chi connectivity index (χ0v) is 12.7. The number of carbonyl (C=O) groups is 1. The van der Waals surface area contributed by atoms with Gasteiger partial charge in [-0.15, -0.1) is 0 Å². The molecule has 0 aliphatic rings. The van der Waals surface area contributed by atoms with Crippen LogP contribution in [0.2, 0.25) is 10.0 Å². The first kappa shape index (κ1) is 16.1. The predicted octanol–water partition coefficient (Wildman–Crippen LogP) is 3.92. The molecule has 0 aliphatic carbocycles. The minimum atomic E-state index is -0.130. The van der Waals surface area contributed by atoms with Crippen LogP contribution >= 0.6 is 23.2 Å². The van der Waals surface area contributed by atoms with Crippen LogP contribution in [-0.2, 0) is 4.79 Å². The van der Waals surface area contributed by atoms with Gasteiger partial charge in [0, 0.05) is 12.6 Å². The van der Waals surface area contributed by atoms with E-state index in [0.717, 1.165) is 12.8 Å². The standard InChI is InChI=1S/C14H19Cl2NO2/c1-10(2)4-3-7-17-14(18)9-19-11-5-6-12(15)13(16)8-11/h5-6,8,10H,3-4,7,9H2,1-2H3,(H,17,18). The van der Waals surface area contributed by atoms with Crippen LogP contribution in [0.3, 0.4) is 0 Å². The van der Waals surface area contributed by atoms with Gasteiger partial charge in [0.1, 0.15) is 5.75 Å². The summed E-state index contributed by atoms with van der Waals surface area (Å²) in [4.78, 5) is 11.5. The molecule has 1 N–H and O–H groups in total. The van der Waals surface area contributed by atoms with Crippen molar-refractivity contribution in [1.29, 1.82) is 0 Å². The highest BCUT2D eigenvalue weighted by atomic mass is 35.5. The highest BCUT2D eigenvalue weighted by Crippen LogP contribution is 2.26. The number of nitrogens with one attached hydrogen (secondary N) is 1. The van der Waals surface area contributed by atoms with Crippen molar-refractivity contribution < 1.29 is 9.53 Å². The Morgan fingerprint density at radius 2 is 2.05 bits per heavy atom. The van der Waals surface area contributed by atoms with Crippen molar-refractivity contribution in [2.24, 2.45) is 5.92 Å². The van der Waals surface area contributed by atoms with Gasteiger partial charge < -0.3 is 10.1 Å². The molecular weight excluding hydrogens is 285 g/mol. The molecule has 3 nitrogen and oxygen atoms in total. The Bertz CT molecular complexity index is 422.